The van der Waals surface area contributed by atoms with Crippen molar-refractivity contribution in [2.24, 2.45) is 0 Å². The smallest absolute Gasteiger partial charge is 0.230 e. The van der Waals surface area contributed by atoms with Crippen molar-refractivity contribution in [2.45, 2.75) is 37.3 Å². The van der Waals surface area contributed by atoms with Gasteiger partial charge in [-0.15, -0.1) is 11.8 Å². The molecule has 0 saturated carbocycles. The largest absolute Gasteiger partial charge is 0.494 e. The third-order valence-electron chi connectivity index (χ3n) is 3.58. The second-order valence-electron chi connectivity index (χ2n) is 6.12. The van der Waals surface area contributed by atoms with E-state index in [1.165, 1.54) is 16.2 Å². The summed E-state index contributed by atoms with van der Waals surface area (Å²) in [6.45, 7) is 6.92. The van der Waals surface area contributed by atoms with Gasteiger partial charge in [-0.25, -0.2) is 4.98 Å². The number of amides is 1. The Morgan fingerprint density at radius 1 is 1.23 bits per heavy atom. The van der Waals surface area contributed by atoms with Crippen molar-refractivity contribution in [3.05, 3.63) is 48.0 Å². The number of nitrogens with zero attached hydrogens (tertiary/aromatic N) is 1. The zero-order chi connectivity index (χ0) is 18.5. The summed E-state index contributed by atoms with van der Waals surface area (Å²) in [5, 5.41) is 4.06. The maximum Gasteiger partial charge on any atom is 0.230 e. The van der Waals surface area contributed by atoms with Gasteiger partial charge in [0, 0.05) is 10.1 Å². The van der Waals surface area contributed by atoms with Gasteiger partial charge in [0.15, 0.2) is 5.13 Å². The van der Waals surface area contributed by atoms with Crippen LogP contribution in [0.1, 0.15) is 26.3 Å². The molecule has 1 heterocycles. The molecule has 0 aliphatic carbocycles. The highest BCUT2D eigenvalue weighted by atomic mass is 32.2. The summed E-state index contributed by atoms with van der Waals surface area (Å²) < 4.78 is 6.51. The number of anilines is 1. The Morgan fingerprint density at radius 3 is 2.69 bits per heavy atom. The number of hydrogen-bond donors (Lipinski definition) is 1. The van der Waals surface area contributed by atoms with E-state index in [9.17, 15) is 4.79 Å². The summed E-state index contributed by atoms with van der Waals surface area (Å²) >= 11 is 3.28. The number of carbonyl (C=O) groups excluding carboxylic acids is 1. The summed E-state index contributed by atoms with van der Waals surface area (Å²) in [5.41, 5.74) is 1.86. The first-order valence-corrected chi connectivity index (χ1v) is 10.3. The Hall–Kier alpha value is -2.05. The molecule has 0 saturated heterocycles. The molecular formula is C20H22N2O2S2. The van der Waals surface area contributed by atoms with Crippen molar-refractivity contribution >= 4 is 44.4 Å². The van der Waals surface area contributed by atoms with Gasteiger partial charge in [0.05, 0.1) is 23.2 Å². The summed E-state index contributed by atoms with van der Waals surface area (Å²) in [4.78, 5) is 18.0. The zero-order valence-electron chi connectivity index (χ0n) is 15.1. The second-order valence-corrected chi connectivity index (χ2v) is 8.80. The Morgan fingerprint density at radius 2 is 2.00 bits per heavy atom. The van der Waals surface area contributed by atoms with Crippen molar-refractivity contribution in [3.63, 3.8) is 0 Å². The Bertz CT molecular complexity index is 888. The third kappa shape index (κ3) is 4.99. The first kappa shape index (κ1) is 18.7. The van der Waals surface area contributed by atoms with Crippen molar-refractivity contribution in [1.82, 2.24) is 4.98 Å². The van der Waals surface area contributed by atoms with E-state index in [1.807, 2.05) is 49.0 Å². The van der Waals surface area contributed by atoms with Gasteiger partial charge in [-0.3, -0.25) is 4.79 Å². The summed E-state index contributed by atoms with van der Waals surface area (Å²) in [6.07, 6.45) is 0.340. The van der Waals surface area contributed by atoms with Crippen LogP contribution in [0.5, 0.6) is 5.75 Å². The molecule has 4 nitrogen and oxygen atoms in total. The SMILES string of the molecule is CCOc1ccc2nc(NC(=O)Cc3ccc(SC(C)C)cc3)sc2c1. The van der Waals surface area contributed by atoms with Crippen LogP contribution in [0.4, 0.5) is 5.13 Å². The zero-order valence-corrected chi connectivity index (χ0v) is 16.7. The molecule has 0 fully saturated rings. The molecule has 1 N–H and O–H groups in total. The van der Waals surface area contributed by atoms with E-state index in [4.69, 9.17) is 4.74 Å². The van der Waals surface area contributed by atoms with E-state index in [0.717, 1.165) is 21.5 Å². The summed E-state index contributed by atoms with van der Waals surface area (Å²) in [6, 6.07) is 13.9. The molecule has 1 amide bonds. The highest BCUT2D eigenvalue weighted by Crippen LogP contribution is 2.29. The lowest BCUT2D eigenvalue weighted by molar-refractivity contribution is -0.115. The molecule has 2 aromatic carbocycles. The Kier molecular flexibility index (Phi) is 6.16. The number of nitrogens with one attached hydrogen (secondary N) is 1. The van der Waals surface area contributed by atoms with Gasteiger partial charge < -0.3 is 10.1 Å². The van der Waals surface area contributed by atoms with Gasteiger partial charge in [-0.05, 0) is 42.8 Å². The predicted octanol–water partition coefficient (Wildman–Crippen LogP) is 5.38. The van der Waals surface area contributed by atoms with Crippen LogP contribution in [0.15, 0.2) is 47.4 Å². The average Bonchev–Trinajstić information content (AvgIpc) is 2.97. The minimum Gasteiger partial charge on any atom is -0.494 e. The van der Waals surface area contributed by atoms with E-state index in [2.05, 4.69) is 36.3 Å². The number of thiazole rings is 1. The molecule has 0 aliphatic heterocycles. The average molecular weight is 387 g/mol. The van der Waals surface area contributed by atoms with Crippen LogP contribution in [0.25, 0.3) is 10.2 Å². The Balaban J connectivity index is 1.63. The van der Waals surface area contributed by atoms with Crippen LogP contribution < -0.4 is 10.1 Å². The molecule has 0 aliphatic rings. The van der Waals surface area contributed by atoms with Crippen LogP contribution >= 0.6 is 23.1 Å². The van der Waals surface area contributed by atoms with Gasteiger partial charge in [0.25, 0.3) is 0 Å². The van der Waals surface area contributed by atoms with Crippen molar-refractivity contribution in [2.75, 3.05) is 11.9 Å². The lowest BCUT2D eigenvalue weighted by Gasteiger charge is -2.06. The molecule has 0 spiro atoms. The van der Waals surface area contributed by atoms with E-state index >= 15 is 0 Å². The Labute approximate surface area is 162 Å². The van der Waals surface area contributed by atoms with Gasteiger partial charge in [0.2, 0.25) is 5.91 Å². The van der Waals surface area contributed by atoms with Crippen molar-refractivity contribution < 1.29 is 9.53 Å². The highest BCUT2D eigenvalue weighted by molar-refractivity contribution is 7.99. The molecule has 136 valence electrons. The molecular weight excluding hydrogens is 364 g/mol. The first-order chi connectivity index (χ1) is 12.5. The molecule has 1 aromatic heterocycles. The van der Waals surface area contributed by atoms with Crippen LogP contribution in [0, 0.1) is 0 Å². The number of carbonyl (C=O) groups is 1. The topological polar surface area (TPSA) is 51.2 Å². The van der Waals surface area contributed by atoms with Crippen molar-refractivity contribution in [3.8, 4) is 5.75 Å². The fraction of sp³-hybridized carbons (Fsp3) is 0.300. The highest BCUT2D eigenvalue weighted by Gasteiger charge is 2.10. The normalized spacial score (nSPS) is 11.1. The number of fused-ring (bicyclic) bond motifs is 1. The molecule has 0 atom stereocenters. The summed E-state index contributed by atoms with van der Waals surface area (Å²) in [5.74, 6) is 0.763. The van der Waals surface area contributed by atoms with Crippen LogP contribution in [-0.2, 0) is 11.2 Å². The predicted molar refractivity (Wildman–Crippen MR) is 111 cm³/mol. The number of aromatic nitrogens is 1. The number of rotatable bonds is 7. The number of thioether (sulfide) groups is 1. The molecule has 6 heteroatoms. The molecule has 26 heavy (non-hydrogen) atoms. The molecule has 0 bridgehead atoms. The van der Waals surface area contributed by atoms with Gasteiger partial charge >= 0.3 is 0 Å². The first-order valence-electron chi connectivity index (χ1n) is 8.62. The van der Waals surface area contributed by atoms with Crippen LogP contribution in [0.2, 0.25) is 0 Å². The van der Waals surface area contributed by atoms with Crippen LogP contribution in [0.3, 0.4) is 0 Å². The monoisotopic (exact) mass is 386 g/mol. The third-order valence-corrected chi connectivity index (χ3v) is 5.53. The summed E-state index contributed by atoms with van der Waals surface area (Å²) in [7, 11) is 0. The minimum absolute atomic E-state index is 0.0571. The maximum atomic E-state index is 12.3. The van der Waals surface area contributed by atoms with E-state index in [-0.39, 0.29) is 5.91 Å². The van der Waals surface area contributed by atoms with E-state index in [0.29, 0.717) is 23.4 Å². The molecule has 3 rings (SSSR count). The lowest BCUT2D eigenvalue weighted by Crippen LogP contribution is -2.14. The maximum absolute atomic E-state index is 12.3. The number of ether oxygens (including phenoxy) is 1. The van der Waals surface area contributed by atoms with Gasteiger partial charge in [0.1, 0.15) is 5.75 Å². The quantitative estimate of drug-likeness (QED) is 0.554. The second kappa shape index (κ2) is 8.56. The van der Waals surface area contributed by atoms with E-state index < -0.39 is 0 Å². The number of benzene rings is 2. The van der Waals surface area contributed by atoms with Crippen molar-refractivity contribution in [1.29, 1.82) is 0 Å². The number of hydrogen-bond acceptors (Lipinski definition) is 5. The molecule has 0 radical (unpaired) electrons. The lowest BCUT2D eigenvalue weighted by atomic mass is 10.1. The molecule has 0 unspecified atom stereocenters. The van der Waals surface area contributed by atoms with Gasteiger partial charge in [-0.2, -0.15) is 0 Å². The fourth-order valence-electron chi connectivity index (χ4n) is 2.52. The molecule has 3 aromatic rings. The standard InChI is InChI=1S/C20H22N2O2S2/c1-4-24-15-7-10-17-18(12-15)26-20(21-17)22-19(23)11-14-5-8-16(9-6-14)25-13(2)3/h5-10,12-13H,4,11H2,1-3H3,(H,21,22,23). The van der Waals surface area contributed by atoms with E-state index in [1.54, 1.807) is 0 Å². The van der Waals surface area contributed by atoms with Gasteiger partial charge in [-0.1, -0.05) is 37.3 Å². The minimum atomic E-state index is -0.0571. The van der Waals surface area contributed by atoms with Crippen LogP contribution in [-0.4, -0.2) is 22.7 Å². The fourth-order valence-corrected chi connectivity index (χ4v) is 4.27.